The number of rotatable bonds is 4. The van der Waals surface area contributed by atoms with Gasteiger partial charge in [0.1, 0.15) is 0 Å². The summed E-state index contributed by atoms with van der Waals surface area (Å²) in [5, 5.41) is 11.7. The van der Waals surface area contributed by atoms with Crippen LogP contribution in [0.4, 0.5) is 10.5 Å². The first-order valence-corrected chi connectivity index (χ1v) is 6.92. The molecule has 1 aromatic rings. The number of carbonyl (C=O) groups is 2. The normalized spacial score (nSPS) is 14.0. The van der Waals surface area contributed by atoms with Crippen molar-refractivity contribution < 1.29 is 14.7 Å². The lowest BCUT2D eigenvalue weighted by atomic mass is 10.2. The lowest BCUT2D eigenvalue weighted by Gasteiger charge is -2.21. The minimum atomic E-state index is -0.994. The second-order valence-electron chi connectivity index (χ2n) is 4.45. The largest absolute Gasteiger partial charge is 0.478 e. The van der Waals surface area contributed by atoms with Gasteiger partial charge >= 0.3 is 12.0 Å². The van der Waals surface area contributed by atoms with Gasteiger partial charge in [-0.05, 0) is 53.9 Å². The number of halogens is 1. The molecule has 0 bridgehead atoms. The summed E-state index contributed by atoms with van der Waals surface area (Å²) in [6, 6.07) is 4.74. The Kier molecular flexibility index (Phi) is 4.09. The van der Waals surface area contributed by atoms with Gasteiger partial charge in [-0.1, -0.05) is 0 Å². The molecule has 5 nitrogen and oxygen atoms in total. The molecule has 0 saturated heterocycles. The van der Waals surface area contributed by atoms with E-state index < -0.39 is 5.97 Å². The monoisotopic (exact) mass is 326 g/mol. The van der Waals surface area contributed by atoms with Crippen LogP contribution >= 0.6 is 15.9 Å². The number of carbonyl (C=O) groups excluding carboxylic acids is 1. The smallest absolute Gasteiger partial charge is 0.335 e. The maximum atomic E-state index is 12.1. The number of nitrogens with zero attached hydrogens (tertiary/aromatic N) is 1. The summed E-state index contributed by atoms with van der Waals surface area (Å²) >= 11 is 3.27. The van der Waals surface area contributed by atoms with Gasteiger partial charge in [0.15, 0.2) is 0 Å². The van der Waals surface area contributed by atoms with Gasteiger partial charge in [0.05, 0.1) is 11.3 Å². The van der Waals surface area contributed by atoms with Crippen LogP contribution < -0.4 is 5.32 Å². The molecule has 0 aromatic heterocycles. The number of carboxylic acid groups (broad SMARTS) is 1. The third-order valence-electron chi connectivity index (χ3n) is 3.05. The Bertz CT molecular complexity index is 515. The lowest BCUT2D eigenvalue weighted by molar-refractivity contribution is 0.0697. The zero-order valence-electron chi connectivity index (χ0n) is 10.5. The standard InChI is InChI=1S/C13H15BrN2O3/c1-2-16(9-4-5-9)13(19)15-11-6-3-8(12(17)18)7-10(11)14/h3,6-7,9H,2,4-5H2,1H3,(H,15,19)(H,17,18). The van der Waals surface area contributed by atoms with Crippen LogP contribution in [0.1, 0.15) is 30.1 Å². The Labute approximate surface area is 119 Å². The average Bonchev–Trinajstić information content (AvgIpc) is 3.17. The number of benzene rings is 1. The van der Waals surface area contributed by atoms with Crippen molar-refractivity contribution in [2.24, 2.45) is 0 Å². The number of amides is 2. The van der Waals surface area contributed by atoms with Crippen molar-refractivity contribution in [2.75, 3.05) is 11.9 Å². The maximum Gasteiger partial charge on any atom is 0.335 e. The fourth-order valence-corrected chi connectivity index (χ4v) is 2.37. The Balaban J connectivity index is 2.10. The summed E-state index contributed by atoms with van der Waals surface area (Å²) in [4.78, 5) is 24.7. The molecule has 2 amide bonds. The number of aromatic carboxylic acids is 1. The summed E-state index contributed by atoms with van der Waals surface area (Å²) in [6.07, 6.45) is 2.11. The van der Waals surface area contributed by atoms with Crippen LogP contribution in [-0.2, 0) is 0 Å². The Morgan fingerprint density at radius 1 is 1.47 bits per heavy atom. The van der Waals surface area contributed by atoms with Crippen LogP contribution in [0.2, 0.25) is 0 Å². The highest BCUT2D eigenvalue weighted by molar-refractivity contribution is 9.10. The summed E-state index contributed by atoms with van der Waals surface area (Å²) < 4.78 is 0.563. The van der Waals surface area contributed by atoms with Crippen LogP contribution in [0.25, 0.3) is 0 Å². The number of hydrogen-bond acceptors (Lipinski definition) is 2. The van der Waals surface area contributed by atoms with Crippen molar-refractivity contribution in [1.82, 2.24) is 4.90 Å². The molecule has 0 radical (unpaired) electrons. The first-order valence-electron chi connectivity index (χ1n) is 6.13. The van der Waals surface area contributed by atoms with Gasteiger partial charge in [-0.25, -0.2) is 9.59 Å². The number of nitrogens with one attached hydrogen (secondary N) is 1. The molecule has 2 N–H and O–H groups in total. The van der Waals surface area contributed by atoms with Crippen LogP contribution in [0.5, 0.6) is 0 Å². The van der Waals surface area contributed by atoms with Crippen LogP contribution in [0.15, 0.2) is 22.7 Å². The predicted molar refractivity (Wildman–Crippen MR) is 75.5 cm³/mol. The highest BCUT2D eigenvalue weighted by Gasteiger charge is 2.31. The maximum absolute atomic E-state index is 12.1. The summed E-state index contributed by atoms with van der Waals surface area (Å²) in [7, 11) is 0. The molecule has 0 aliphatic heterocycles. The van der Waals surface area contributed by atoms with Gasteiger partial charge in [0, 0.05) is 17.1 Å². The number of carboxylic acids is 1. The minimum Gasteiger partial charge on any atom is -0.478 e. The van der Waals surface area contributed by atoms with Gasteiger partial charge in [-0.3, -0.25) is 0 Å². The molecular weight excluding hydrogens is 312 g/mol. The molecule has 1 aliphatic carbocycles. The number of anilines is 1. The third kappa shape index (κ3) is 3.26. The van der Waals surface area contributed by atoms with Gasteiger partial charge in [0.25, 0.3) is 0 Å². The van der Waals surface area contributed by atoms with Crippen LogP contribution in [0.3, 0.4) is 0 Å². The fraction of sp³-hybridized carbons (Fsp3) is 0.385. The van der Waals surface area contributed by atoms with E-state index in [4.69, 9.17) is 5.11 Å². The molecule has 1 saturated carbocycles. The minimum absolute atomic E-state index is 0.145. The molecule has 0 spiro atoms. The Hall–Kier alpha value is -1.56. The van der Waals surface area contributed by atoms with Gasteiger partial charge in [-0.2, -0.15) is 0 Å². The fourth-order valence-electron chi connectivity index (χ4n) is 1.89. The number of hydrogen-bond donors (Lipinski definition) is 2. The third-order valence-corrected chi connectivity index (χ3v) is 3.70. The van der Waals surface area contributed by atoms with E-state index in [1.165, 1.54) is 12.1 Å². The highest BCUT2D eigenvalue weighted by Crippen LogP contribution is 2.28. The molecule has 1 aromatic carbocycles. The van der Waals surface area contributed by atoms with Crippen molar-refractivity contribution in [3.63, 3.8) is 0 Å². The van der Waals surface area contributed by atoms with E-state index in [1.54, 1.807) is 11.0 Å². The first kappa shape index (κ1) is 13.9. The van der Waals surface area contributed by atoms with Crippen molar-refractivity contribution in [3.05, 3.63) is 28.2 Å². The summed E-state index contributed by atoms with van der Waals surface area (Å²) in [5.41, 5.74) is 0.758. The SMILES string of the molecule is CCN(C(=O)Nc1ccc(C(=O)O)cc1Br)C1CC1. The van der Waals surface area contributed by atoms with E-state index in [9.17, 15) is 9.59 Å². The van der Waals surface area contributed by atoms with E-state index in [1.807, 2.05) is 6.92 Å². The predicted octanol–water partition coefficient (Wildman–Crippen LogP) is 3.16. The van der Waals surface area contributed by atoms with Crippen LogP contribution in [-0.4, -0.2) is 34.6 Å². The molecule has 1 aliphatic rings. The van der Waals surface area contributed by atoms with Crippen molar-refractivity contribution >= 4 is 33.6 Å². The second-order valence-corrected chi connectivity index (χ2v) is 5.30. The zero-order valence-corrected chi connectivity index (χ0v) is 12.1. The molecule has 1 fully saturated rings. The van der Waals surface area contributed by atoms with Crippen molar-refractivity contribution in [3.8, 4) is 0 Å². The quantitative estimate of drug-likeness (QED) is 0.892. The van der Waals surface area contributed by atoms with E-state index in [0.717, 1.165) is 12.8 Å². The van der Waals surface area contributed by atoms with E-state index in [-0.39, 0.29) is 11.6 Å². The second kappa shape index (κ2) is 5.61. The molecule has 0 heterocycles. The molecule has 0 atom stereocenters. The molecule has 0 unspecified atom stereocenters. The van der Waals surface area contributed by atoms with E-state index in [0.29, 0.717) is 22.7 Å². The van der Waals surface area contributed by atoms with Gasteiger partial charge in [0.2, 0.25) is 0 Å². The zero-order chi connectivity index (χ0) is 14.0. The first-order chi connectivity index (χ1) is 9.02. The van der Waals surface area contributed by atoms with Gasteiger partial charge in [-0.15, -0.1) is 0 Å². The van der Waals surface area contributed by atoms with Gasteiger partial charge < -0.3 is 15.3 Å². The molecule has 19 heavy (non-hydrogen) atoms. The Morgan fingerprint density at radius 3 is 2.63 bits per heavy atom. The Morgan fingerprint density at radius 2 is 2.16 bits per heavy atom. The molecule has 102 valence electrons. The molecule has 2 rings (SSSR count). The van der Waals surface area contributed by atoms with Crippen molar-refractivity contribution in [1.29, 1.82) is 0 Å². The summed E-state index contributed by atoms with van der Waals surface area (Å²) in [5.74, 6) is -0.994. The molecular formula is C13H15BrN2O3. The lowest BCUT2D eigenvalue weighted by Crippen LogP contribution is -2.36. The van der Waals surface area contributed by atoms with E-state index >= 15 is 0 Å². The molecule has 6 heteroatoms. The van der Waals surface area contributed by atoms with Crippen LogP contribution in [0, 0.1) is 0 Å². The summed E-state index contributed by atoms with van der Waals surface area (Å²) in [6.45, 7) is 2.61. The van der Waals surface area contributed by atoms with E-state index in [2.05, 4.69) is 21.2 Å². The number of urea groups is 1. The average molecular weight is 327 g/mol. The van der Waals surface area contributed by atoms with Crippen molar-refractivity contribution in [2.45, 2.75) is 25.8 Å². The topological polar surface area (TPSA) is 69.6 Å². The highest BCUT2D eigenvalue weighted by atomic mass is 79.9.